The summed E-state index contributed by atoms with van der Waals surface area (Å²) in [4.78, 5) is 17.2. The third-order valence-corrected chi connectivity index (χ3v) is 4.06. The Hall–Kier alpha value is -1.79. The van der Waals surface area contributed by atoms with Crippen molar-refractivity contribution in [2.24, 2.45) is 0 Å². The number of nitrogens with one attached hydrogen (secondary N) is 1. The highest BCUT2D eigenvalue weighted by atomic mass is 32.1. The minimum atomic E-state index is -0.281. The number of hydrogen-bond donors (Lipinski definition) is 1. The van der Waals surface area contributed by atoms with Crippen molar-refractivity contribution in [1.82, 2.24) is 10.3 Å². The highest BCUT2D eigenvalue weighted by molar-refractivity contribution is 7.11. The Morgan fingerprint density at radius 3 is 2.76 bits per heavy atom. The molecule has 0 aliphatic heterocycles. The molecule has 1 aromatic carbocycles. The quantitative estimate of drug-likeness (QED) is 0.892. The van der Waals surface area contributed by atoms with Gasteiger partial charge in [0.1, 0.15) is 10.8 Å². The van der Waals surface area contributed by atoms with Gasteiger partial charge in [0.25, 0.3) is 0 Å². The molecule has 0 aliphatic rings. The maximum atomic E-state index is 12.8. The Labute approximate surface area is 127 Å². The minimum Gasteiger partial charge on any atom is -0.378 e. The first kappa shape index (κ1) is 15.6. The normalized spacial score (nSPS) is 10.6. The number of rotatable bonds is 6. The maximum absolute atomic E-state index is 12.8. The molecular formula is C15H17FN2O2S. The number of carbonyl (C=O) groups excluding carboxylic acids is 1. The van der Waals surface area contributed by atoms with Gasteiger partial charge in [0.2, 0.25) is 5.91 Å². The van der Waals surface area contributed by atoms with Gasteiger partial charge in [-0.1, -0.05) is 12.1 Å². The molecule has 0 bridgehead atoms. The van der Waals surface area contributed by atoms with Crippen LogP contribution in [0.25, 0.3) is 0 Å². The molecule has 0 aliphatic carbocycles. The van der Waals surface area contributed by atoms with Gasteiger partial charge in [-0.3, -0.25) is 4.79 Å². The second kappa shape index (κ2) is 7.28. The number of aromatic nitrogens is 1. The molecule has 1 amide bonds. The van der Waals surface area contributed by atoms with E-state index in [9.17, 15) is 9.18 Å². The van der Waals surface area contributed by atoms with Gasteiger partial charge in [0.15, 0.2) is 0 Å². The van der Waals surface area contributed by atoms with Crippen LogP contribution in [0.15, 0.2) is 24.3 Å². The number of amides is 1. The SMILES string of the molecule is COCc1nc(C)c(CC(=O)NCc2ccc(F)cc2)s1. The number of benzene rings is 1. The van der Waals surface area contributed by atoms with E-state index in [-0.39, 0.29) is 11.7 Å². The number of hydrogen-bond acceptors (Lipinski definition) is 4. The number of aryl methyl sites for hydroxylation is 1. The Balaban J connectivity index is 1.88. The number of thiazole rings is 1. The van der Waals surface area contributed by atoms with Crippen molar-refractivity contribution in [1.29, 1.82) is 0 Å². The summed E-state index contributed by atoms with van der Waals surface area (Å²) in [6.45, 7) is 2.74. The number of ether oxygens (including phenoxy) is 1. The number of methoxy groups -OCH3 is 1. The fourth-order valence-electron chi connectivity index (χ4n) is 1.85. The molecule has 1 N–H and O–H groups in total. The van der Waals surface area contributed by atoms with Gasteiger partial charge in [-0.2, -0.15) is 0 Å². The van der Waals surface area contributed by atoms with E-state index in [4.69, 9.17) is 4.74 Å². The van der Waals surface area contributed by atoms with Gasteiger partial charge < -0.3 is 10.1 Å². The lowest BCUT2D eigenvalue weighted by Gasteiger charge is -2.04. The second-order valence-corrected chi connectivity index (χ2v) is 5.80. The zero-order valence-corrected chi connectivity index (χ0v) is 12.8. The van der Waals surface area contributed by atoms with Gasteiger partial charge in [-0.25, -0.2) is 9.37 Å². The van der Waals surface area contributed by atoms with Crippen LogP contribution in [0, 0.1) is 12.7 Å². The monoisotopic (exact) mass is 308 g/mol. The molecule has 0 spiro atoms. The molecule has 0 unspecified atom stereocenters. The molecule has 2 rings (SSSR count). The summed E-state index contributed by atoms with van der Waals surface area (Å²) < 4.78 is 17.8. The Morgan fingerprint density at radius 2 is 2.10 bits per heavy atom. The standard InChI is InChI=1S/C15H17FN2O2S/c1-10-13(21-15(18-10)9-20-2)7-14(19)17-8-11-3-5-12(16)6-4-11/h3-6H,7-9H2,1-2H3,(H,17,19). The smallest absolute Gasteiger partial charge is 0.225 e. The Kier molecular flexibility index (Phi) is 5.41. The van der Waals surface area contributed by atoms with Gasteiger partial charge in [-0.15, -0.1) is 11.3 Å². The molecular weight excluding hydrogens is 291 g/mol. The zero-order chi connectivity index (χ0) is 15.2. The van der Waals surface area contributed by atoms with Crippen molar-refractivity contribution in [2.75, 3.05) is 7.11 Å². The molecule has 1 aromatic heterocycles. The maximum Gasteiger partial charge on any atom is 0.225 e. The van der Waals surface area contributed by atoms with E-state index >= 15 is 0 Å². The summed E-state index contributed by atoms with van der Waals surface area (Å²) in [7, 11) is 1.62. The predicted molar refractivity (Wildman–Crippen MR) is 79.5 cm³/mol. The van der Waals surface area contributed by atoms with Crippen molar-refractivity contribution in [3.8, 4) is 0 Å². The van der Waals surface area contributed by atoms with Crippen molar-refractivity contribution >= 4 is 17.2 Å². The summed E-state index contributed by atoms with van der Waals surface area (Å²) in [5.41, 5.74) is 1.73. The summed E-state index contributed by atoms with van der Waals surface area (Å²) in [5.74, 6) is -0.355. The first-order chi connectivity index (χ1) is 10.1. The van der Waals surface area contributed by atoms with Crippen LogP contribution in [-0.2, 0) is 29.1 Å². The minimum absolute atomic E-state index is 0.0740. The number of nitrogens with zero attached hydrogens (tertiary/aromatic N) is 1. The van der Waals surface area contributed by atoms with Crippen molar-refractivity contribution in [3.63, 3.8) is 0 Å². The first-order valence-corrected chi connectivity index (χ1v) is 7.35. The predicted octanol–water partition coefficient (Wildman–Crippen LogP) is 2.60. The second-order valence-electron chi connectivity index (χ2n) is 4.63. The van der Waals surface area contributed by atoms with E-state index < -0.39 is 0 Å². The highest BCUT2D eigenvalue weighted by Crippen LogP contribution is 2.19. The van der Waals surface area contributed by atoms with Gasteiger partial charge in [0.05, 0.1) is 18.7 Å². The van der Waals surface area contributed by atoms with Crippen molar-refractivity contribution in [3.05, 3.63) is 51.2 Å². The molecule has 0 atom stereocenters. The van der Waals surface area contributed by atoms with Crippen LogP contribution in [0.5, 0.6) is 0 Å². The number of halogens is 1. The Morgan fingerprint density at radius 1 is 1.38 bits per heavy atom. The van der Waals surface area contributed by atoms with Crippen LogP contribution in [0.2, 0.25) is 0 Å². The molecule has 21 heavy (non-hydrogen) atoms. The molecule has 0 radical (unpaired) electrons. The van der Waals surface area contributed by atoms with Gasteiger partial charge in [-0.05, 0) is 24.6 Å². The van der Waals surface area contributed by atoms with E-state index in [2.05, 4.69) is 10.3 Å². The van der Waals surface area contributed by atoms with Crippen molar-refractivity contribution < 1.29 is 13.9 Å². The van der Waals surface area contributed by atoms with E-state index in [0.29, 0.717) is 19.6 Å². The third kappa shape index (κ3) is 4.61. The van der Waals surface area contributed by atoms with Crippen LogP contribution in [-0.4, -0.2) is 18.0 Å². The summed E-state index contributed by atoms with van der Waals surface area (Å²) in [6.07, 6.45) is 0.300. The van der Waals surface area contributed by atoms with E-state index in [1.807, 2.05) is 6.92 Å². The van der Waals surface area contributed by atoms with Gasteiger partial charge in [0, 0.05) is 18.5 Å². The van der Waals surface area contributed by atoms with Crippen LogP contribution < -0.4 is 5.32 Å². The fourth-order valence-corrected chi connectivity index (χ4v) is 2.89. The topological polar surface area (TPSA) is 51.2 Å². The van der Waals surface area contributed by atoms with Crippen LogP contribution >= 0.6 is 11.3 Å². The lowest BCUT2D eigenvalue weighted by molar-refractivity contribution is -0.120. The highest BCUT2D eigenvalue weighted by Gasteiger charge is 2.11. The van der Waals surface area contributed by atoms with E-state index in [0.717, 1.165) is 21.1 Å². The molecule has 0 saturated heterocycles. The Bertz CT molecular complexity index is 611. The third-order valence-electron chi connectivity index (χ3n) is 2.93. The van der Waals surface area contributed by atoms with Crippen molar-refractivity contribution in [2.45, 2.75) is 26.5 Å². The lowest BCUT2D eigenvalue weighted by Crippen LogP contribution is -2.24. The van der Waals surface area contributed by atoms with E-state index in [1.54, 1.807) is 19.2 Å². The summed E-state index contributed by atoms with van der Waals surface area (Å²) in [6, 6.07) is 6.08. The van der Waals surface area contributed by atoms with Crippen LogP contribution in [0.1, 0.15) is 21.1 Å². The number of carbonyl (C=O) groups is 1. The molecule has 6 heteroatoms. The first-order valence-electron chi connectivity index (χ1n) is 6.53. The average Bonchev–Trinajstić information content (AvgIpc) is 2.79. The fraction of sp³-hybridized carbons (Fsp3) is 0.333. The molecule has 112 valence electrons. The lowest BCUT2D eigenvalue weighted by atomic mass is 10.2. The summed E-state index contributed by atoms with van der Waals surface area (Å²) in [5, 5.41) is 3.69. The zero-order valence-electron chi connectivity index (χ0n) is 12.0. The van der Waals surface area contributed by atoms with Crippen LogP contribution in [0.4, 0.5) is 4.39 Å². The van der Waals surface area contributed by atoms with E-state index in [1.165, 1.54) is 23.5 Å². The molecule has 0 saturated carbocycles. The van der Waals surface area contributed by atoms with Gasteiger partial charge >= 0.3 is 0 Å². The molecule has 0 fully saturated rings. The average molecular weight is 308 g/mol. The largest absolute Gasteiger partial charge is 0.378 e. The molecule has 1 heterocycles. The molecule has 4 nitrogen and oxygen atoms in total. The van der Waals surface area contributed by atoms with Crippen LogP contribution in [0.3, 0.4) is 0 Å². The summed E-state index contributed by atoms with van der Waals surface area (Å²) >= 11 is 1.49. The molecule has 2 aromatic rings.